The minimum Gasteiger partial charge on any atom is -0.398 e. The van der Waals surface area contributed by atoms with Gasteiger partial charge in [-0.1, -0.05) is 46.3 Å². The molecule has 0 aliphatic rings. The molecule has 0 aliphatic carbocycles. The molecular weight excluding hydrogens is 310 g/mol. The maximum Gasteiger partial charge on any atom is 0.0628 e. The van der Waals surface area contributed by atoms with E-state index in [4.69, 9.17) is 5.73 Å². The summed E-state index contributed by atoms with van der Waals surface area (Å²) in [6.45, 7) is 0. The summed E-state index contributed by atoms with van der Waals surface area (Å²) in [5, 5.41) is 0. The molecule has 0 spiro atoms. The van der Waals surface area contributed by atoms with E-state index < -0.39 is 10.8 Å². The fraction of sp³-hybridized carbons (Fsp3) is 0.143. The summed E-state index contributed by atoms with van der Waals surface area (Å²) >= 11 is 3.37. The van der Waals surface area contributed by atoms with Crippen molar-refractivity contribution in [1.82, 2.24) is 0 Å². The van der Waals surface area contributed by atoms with Crippen LogP contribution < -0.4 is 5.73 Å². The predicted octanol–water partition coefficient (Wildman–Crippen LogP) is 3.38. The Balaban J connectivity index is 2.06. The molecule has 18 heavy (non-hydrogen) atoms. The third-order valence-electron chi connectivity index (χ3n) is 2.64. The van der Waals surface area contributed by atoms with Gasteiger partial charge >= 0.3 is 0 Å². The Hall–Kier alpha value is -1.13. The van der Waals surface area contributed by atoms with Crippen LogP contribution in [0.15, 0.2) is 57.9 Å². The Bertz CT molecular complexity index is 557. The molecule has 0 saturated heterocycles. The van der Waals surface area contributed by atoms with E-state index >= 15 is 0 Å². The number of nitrogen functional groups attached to an aromatic ring is 1. The Labute approximate surface area is 118 Å². The van der Waals surface area contributed by atoms with Crippen molar-refractivity contribution in [2.75, 3.05) is 11.5 Å². The number of halogens is 1. The molecular formula is C14H14BrNOS. The molecule has 2 aromatic carbocycles. The maximum absolute atomic E-state index is 12.2. The molecule has 0 bridgehead atoms. The minimum atomic E-state index is -1.06. The molecule has 2 aromatic rings. The lowest BCUT2D eigenvalue weighted by molar-refractivity contribution is 0.682. The van der Waals surface area contributed by atoms with Crippen molar-refractivity contribution in [2.45, 2.75) is 11.3 Å². The first-order valence-corrected chi connectivity index (χ1v) is 7.75. The summed E-state index contributed by atoms with van der Waals surface area (Å²) in [7, 11) is -1.06. The molecule has 0 radical (unpaired) electrons. The molecule has 0 aromatic heterocycles. The van der Waals surface area contributed by atoms with Crippen LogP contribution in [0.1, 0.15) is 5.56 Å². The van der Waals surface area contributed by atoms with Gasteiger partial charge in [0.25, 0.3) is 0 Å². The van der Waals surface area contributed by atoms with Crippen LogP contribution in [-0.2, 0) is 17.2 Å². The van der Waals surface area contributed by atoms with E-state index in [0.717, 1.165) is 10.9 Å². The Morgan fingerprint density at radius 3 is 2.56 bits per heavy atom. The minimum absolute atomic E-state index is 0.588. The molecule has 0 aliphatic heterocycles. The average molecular weight is 324 g/mol. The van der Waals surface area contributed by atoms with Crippen molar-refractivity contribution in [2.24, 2.45) is 0 Å². The van der Waals surface area contributed by atoms with Crippen LogP contribution in [0.4, 0.5) is 5.69 Å². The fourth-order valence-electron chi connectivity index (χ4n) is 1.67. The number of aryl methyl sites for hydroxylation is 1. The first-order valence-electron chi connectivity index (χ1n) is 5.64. The number of hydrogen-bond donors (Lipinski definition) is 1. The highest BCUT2D eigenvalue weighted by atomic mass is 79.9. The molecule has 2 rings (SSSR count). The van der Waals surface area contributed by atoms with Gasteiger partial charge in [-0.05, 0) is 30.2 Å². The third-order valence-corrected chi connectivity index (χ3v) is 4.55. The van der Waals surface area contributed by atoms with E-state index in [1.54, 1.807) is 6.07 Å². The lowest BCUT2D eigenvalue weighted by atomic mass is 10.2. The number of nitrogens with two attached hydrogens (primary N) is 1. The smallest absolute Gasteiger partial charge is 0.0628 e. The zero-order valence-electron chi connectivity index (χ0n) is 9.80. The topological polar surface area (TPSA) is 43.1 Å². The highest BCUT2D eigenvalue weighted by molar-refractivity contribution is 9.10. The summed E-state index contributed by atoms with van der Waals surface area (Å²) in [6, 6.07) is 15.5. The lowest BCUT2D eigenvalue weighted by Crippen LogP contribution is -2.04. The van der Waals surface area contributed by atoms with E-state index in [1.807, 2.05) is 42.5 Å². The van der Waals surface area contributed by atoms with Crippen molar-refractivity contribution < 1.29 is 4.21 Å². The second kappa shape index (κ2) is 6.16. The normalized spacial score (nSPS) is 12.3. The highest BCUT2D eigenvalue weighted by Gasteiger charge is 2.08. The van der Waals surface area contributed by atoms with Gasteiger partial charge < -0.3 is 5.73 Å². The zero-order chi connectivity index (χ0) is 13.0. The van der Waals surface area contributed by atoms with Crippen LogP contribution in [0, 0.1) is 0 Å². The van der Waals surface area contributed by atoms with Crippen molar-refractivity contribution in [3.05, 3.63) is 58.6 Å². The quantitative estimate of drug-likeness (QED) is 0.876. The fourth-order valence-corrected chi connectivity index (χ4v) is 3.41. The molecule has 4 heteroatoms. The molecule has 94 valence electrons. The van der Waals surface area contributed by atoms with E-state index in [0.29, 0.717) is 16.3 Å². The van der Waals surface area contributed by atoms with E-state index in [1.165, 1.54) is 5.56 Å². The summed E-state index contributed by atoms with van der Waals surface area (Å²) < 4.78 is 13.1. The Morgan fingerprint density at radius 1 is 1.11 bits per heavy atom. The van der Waals surface area contributed by atoms with Crippen LogP contribution in [0.25, 0.3) is 0 Å². The Kier molecular flexibility index (Phi) is 4.55. The number of rotatable bonds is 4. The van der Waals surface area contributed by atoms with Crippen molar-refractivity contribution >= 4 is 32.4 Å². The van der Waals surface area contributed by atoms with Crippen molar-refractivity contribution in [1.29, 1.82) is 0 Å². The highest BCUT2D eigenvalue weighted by Crippen LogP contribution is 2.22. The largest absolute Gasteiger partial charge is 0.398 e. The lowest BCUT2D eigenvalue weighted by Gasteiger charge is -2.06. The van der Waals surface area contributed by atoms with Gasteiger partial charge in [-0.2, -0.15) is 0 Å². The van der Waals surface area contributed by atoms with Crippen LogP contribution in [0.3, 0.4) is 0 Å². The molecule has 2 nitrogen and oxygen atoms in total. The van der Waals surface area contributed by atoms with Crippen LogP contribution in [0.2, 0.25) is 0 Å². The van der Waals surface area contributed by atoms with Gasteiger partial charge in [0.15, 0.2) is 0 Å². The van der Waals surface area contributed by atoms with E-state index in [-0.39, 0.29) is 0 Å². The van der Waals surface area contributed by atoms with Crippen LogP contribution in [-0.4, -0.2) is 9.96 Å². The summed E-state index contributed by atoms with van der Waals surface area (Å²) in [4.78, 5) is 0.709. The first-order chi connectivity index (χ1) is 8.66. The van der Waals surface area contributed by atoms with Gasteiger partial charge in [0.2, 0.25) is 0 Å². The molecule has 1 unspecified atom stereocenters. The van der Waals surface area contributed by atoms with E-state index in [2.05, 4.69) is 15.9 Å². The molecule has 2 N–H and O–H groups in total. The van der Waals surface area contributed by atoms with Gasteiger partial charge in [-0.25, -0.2) is 0 Å². The van der Waals surface area contributed by atoms with Crippen molar-refractivity contribution in [3.8, 4) is 0 Å². The van der Waals surface area contributed by atoms with Gasteiger partial charge in [-0.3, -0.25) is 4.21 Å². The van der Waals surface area contributed by atoms with Crippen molar-refractivity contribution in [3.63, 3.8) is 0 Å². The van der Waals surface area contributed by atoms with Gasteiger partial charge in [0.05, 0.1) is 15.7 Å². The molecule has 0 heterocycles. The van der Waals surface area contributed by atoms with Gasteiger partial charge in [0.1, 0.15) is 0 Å². The van der Waals surface area contributed by atoms with Gasteiger partial charge in [0, 0.05) is 15.9 Å². The standard InChI is InChI=1S/C14H14BrNOS/c15-12-6-7-13(16)14(10-12)18(17)9-8-11-4-2-1-3-5-11/h1-7,10H,8-9,16H2. The maximum atomic E-state index is 12.2. The second-order valence-corrected chi connectivity index (χ2v) is 6.42. The van der Waals surface area contributed by atoms with Crippen LogP contribution >= 0.6 is 15.9 Å². The number of hydrogen-bond acceptors (Lipinski definition) is 2. The summed E-state index contributed by atoms with van der Waals surface area (Å²) in [5.74, 6) is 0.588. The van der Waals surface area contributed by atoms with Crippen LogP contribution in [0.5, 0.6) is 0 Å². The molecule has 0 fully saturated rings. The third kappa shape index (κ3) is 3.43. The second-order valence-electron chi connectivity index (χ2n) is 3.97. The number of benzene rings is 2. The van der Waals surface area contributed by atoms with Gasteiger partial charge in [-0.15, -0.1) is 0 Å². The molecule has 0 amide bonds. The predicted molar refractivity (Wildman–Crippen MR) is 80.0 cm³/mol. The molecule has 0 saturated carbocycles. The average Bonchev–Trinajstić information content (AvgIpc) is 2.40. The summed E-state index contributed by atoms with van der Waals surface area (Å²) in [6.07, 6.45) is 0.791. The monoisotopic (exact) mass is 323 g/mol. The summed E-state index contributed by atoms with van der Waals surface area (Å²) in [5.41, 5.74) is 7.63. The molecule has 1 atom stereocenters. The first kappa shape index (κ1) is 13.3. The zero-order valence-corrected chi connectivity index (χ0v) is 12.2. The van der Waals surface area contributed by atoms with E-state index in [9.17, 15) is 4.21 Å². The Morgan fingerprint density at radius 2 is 1.83 bits per heavy atom. The number of anilines is 1. The SMILES string of the molecule is Nc1ccc(Br)cc1S(=O)CCc1ccccc1.